The van der Waals surface area contributed by atoms with Gasteiger partial charge in [0.2, 0.25) is 10.0 Å². The minimum atomic E-state index is -3.22. The molecule has 1 rings (SSSR count). The van der Waals surface area contributed by atoms with Crippen LogP contribution in [-0.4, -0.2) is 26.3 Å². The fourth-order valence-electron chi connectivity index (χ4n) is 2.48. The Hall–Kier alpha value is 0.160. The monoisotopic (exact) mass is 312 g/mol. The summed E-state index contributed by atoms with van der Waals surface area (Å²) in [6, 6.07) is 0. The van der Waals surface area contributed by atoms with E-state index in [1.807, 2.05) is 20.8 Å². The van der Waals surface area contributed by atoms with Crippen LogP contribution in [0.5, 0.6) is 0 Å². The van der Waals surface area contributed by atoms with E-state index in [0.29, 0.717) is 6.54 Å². The third-order valence-electron chi connectivity index (χ3n) is 3.37. The maximum Gasteiger partial charge on any atom is 0.212 e. The SMILES string of the molecule is CC(C)(C)CS(=O)(=O)NCC1(N)CCCCCC1.Cl. The number of sulfonamides is 1. The third kappa shape index (κ3) is 8.12. The maximum absolute atomic E-state index is 12.0. The Bertz CT molecular complexity index is 355. The zero-order chi connectivity index (χ0) is 13.9. The standard InChI is InChI=1S/C13H28N2O2S.ClH/c1-12(2,3)11-18(16,17)15-10-13(14)8-6-4-5-7-9-13;/h15H,4-11,14H2,1-3H3;1H. The molecule has 0 spiro atoms. The van der Waals surface area contributed by atoms with Gasteiger partial charge in [-0.3, -0.25) is 0 Å². The molecule has 0 saturated heterocycles. The van der Waals surface area contributed by atoms with Gasteiger partial charge in [0, 0.05) is 12.1 Å². The average molecular weight is 313 g/mol. The fourth-order valence-corrected chi connectivity index (χ4v) is 4.23. The van der Waals surface area contributed by atoms with E-state index < -0.39 is 10.0 Å². The van der Waals surface area contributed by atoms with Crippen LogP contribution in [0.4, 0.5) is 0 Å². The maximum atomic E-state index is 12.0. The second-order valence-electron chi connectivity index (χ2n) is 6.92. The van der Waals surface area contributed by atoms with E-state index in [-0.39, 0.29) is 29.1 Å². The first-order chi connectivity index (χ1) is 8.12. The molecule has 1 fully saturated rings. The predicted octanol–water partition coefficient (Wildman–Crippen LogP) is 2.43. The molecule has 0 aromatic rings. The minimum absolute atomic E-state index is 0. The summed E-state index contributed by atoms with van der Waals surface area (Å²) in [6.45, 7) is 6.16. The summed E-state index contributed by atoms with van der Waals surface area (Å²) in [6.07, 6.45) is 6.49. The van der Waals surface area contributed by atoms with Gasteiger partial charge in [0.25, 0.3) is 0 Å². The Balaban J connectivity index is 0.00000324. The average Bonchev–Trinajstić information content (AvgIpc) is 2.38. The quantitative estimate of drug-likeness (QED) is 0.783. The number of hydrogen-bond acceptors (Lipinski definition) is 3. The highest BCUT2D eigenvalue weighted by atomic mass is 35.5. The van der Waals surface area contributed by atoms with Crippen LogP contribution in [0.25, 0.3) is 0 Å². The van der Waals surface area contributed by atoms with Gasteiger partial charge in [-0.2, -0.15) is 0 Å². The van der Waals surface area contributed by atoms with Crippen LogP contribution in [-0.2, 0) is 10.0 Å². The van der Waals surface area contributed by atoms with Crippen molar-refractivity contribution in [3.05, 3.63) is 0 Å². The summed E-state index contributed by atoms with van der Waals surface area (Å²) in [5.74, 6) is 0.149. The van der Waals surface area contributed by atoms with Crippen molar-refractivity contribution in [3.63, 3.8) is 0 Å². The molecule has 1 aliphatic carbocycles. The lowest BCUT2D eigenvalue weighted by Gasteiger charge is -2.29. The van der Waals surface area contributed by atoms with Gasteiger partial charge in [0.05, 0.1) is 5.75 Å². The van der Waals surface area contributed by atoms with Crippen LogP contribution in [0, 0.1) is 5.41 Å². The van der Waals surface area contributed by atoms with Gasteiger partial charge in [0.15, 0.2) is 0 Å². The van der Waals surface area contributed by atoms with Crippen molar-refractivity contribution in [3.8, 4) is 0 Å². The van der Waals surface area contributed by atoms with E-state index in [2.05, 4.69) is 4.72 Å². The first-order valence-electron chi connectivity index (χ1n) is 6.88. The first-order valence-corrected chi connectivity index (χ1v) is 8.53. The molecule has 0 amide bonds. The van der Waals surface area contributed by atoms with Crippen LogP contribution >= 0.6 is 12.4 Å². The van der Waals surface area contributed by atoms with Crippen LogP contribution in [0.1, 0.15) is 59.3 Å². The Labute approximate surface area is 124 Å². The topological polar surface area (TPSA) is 72.2 Å². The van der Waals surface area contributed by atoms with Crippen molar-refractivity contribution in [1.29, 1.82) is 0 Å². The lowest BCUT2D eigenvalue weighted by atomic mass is 9.92. The van der Waals surface area contributed by atoms with Crippen molar-refractivity contribution >= 4 is 22.4 Å². The lowest BCUT2D eigenvalue weighted by molar-refractivity contribution is 0.367. The predicted molar refractivity (Wildman–Crippen MR) is 83.1 cm³/mol. The van der Waals surface area contributed by atoms with Gasteiger partial charge in [-0.05, 0) is 18.3 Å². The Morgan fingerprint density at radius 2 is 1.58 bits per heavy atom. The van der Waals surface area contributed by atoms with Crippen LogP contribution in [0.2, 0.25) is 0 Å². The van der Waals surface area contributed by atoms with E-state index in [9.17, 15) is 8.42 Å². The van der Waals surface area contributed by atoms with Crippen LogP contribution < -0.4 is 10.5 Å². The molecule has 0 aromatic heterocycles. The number of halogens is 1. The summed E-state index contributed by atoms with van der Waals surface area (Å²) >= 11 is 0. The lowest BCUT2D eigenvalue weighted by Crippen LogP contribution is -2.50. The van der Waals surface area contributed by atoms with Gasteiger partial charge in [-0.1, -0.05) is 46.5 Å². The van der Waals surface area contributed by atoms with E-state index >= 15 is 0 Å². The molecule has 19 heavy (non-hydrogen) atoms. The molecular weight excluding hydrogens is 284 g/mol. The molecule has 4 nitrogen and oxygen atoms in total. The number of hydrogen-bond donors (Lipinski definition) is 2. The van der Waals surface area contributed by atoms with Gasteiger partial charge in [-0.15, -0.1) is 12.4 Å². The number of nitrogens with two attached hydrogens (primary N) is 1. The van der Waals surface area contributed by atoms with Crippen molar-refractivity contribution in [2.75, 3.05) is 12.3 Å². The van der Waals surface area contributed by atoms with Gasteiger partial charge >= 0.3 is 0 Å². The molecule has 0 bridgehead atoms. The van der Waals surface area contributed by atoms with E-state index in [0.717, 1.165) is 25.7 Å². The minimum Gasteiger partial charge on any atom is -0.324 e. The molecular formula is C13H29ClN2O2S. The van der Waals surface area contributed by atoms with E-state index in [4.69, 9.17) is 5.73 Å². The molecule has 116 valence electrons. The Kier molecular flexibility index (Phi) is 7.31. The second-order valence-corrected chi connectivity index (χ2v) is 8.72. The Morgan fingerprint density at radius 1 is 1.11 bits per heavy atom. The van der Waals surface area contributed by atoms with Crippen molar-refractivity contribution in [2.45, 2.75) is 64.8 Å². The highest BCUT2D eigenvalue weighted by molar-refractivity contribution is 7.89. The molecule has 0 unspecified atom stereocenters. The Morgan fingerprint density at radius 3 is 2.00 bits per heavy atom. The van der Waals surface area contributed by atoms with E-state index in [1.165, 1.54) is 12.8 Å². The summed E-state index contributed by atoms with van der Waals surface area (Å²) < 4.78 is 26.6. The largest absolute Gasteiger partial charge is 0.324 e. The third-order valence-corrected chi connectivity index (χ3v) is 5.20. The van der Waals surface area contributed by atoms with Crippen LogP contribution in [0.15, 0.2) is 0 Å². The zero-order valence-corrected chi connectivity index (χ0v) is 14.0. The van der Waals surface area contributed by atoms with Crippen molar-refractivity contribution in [2.24, 2.45) is 11.1 Å². The first kappa shape index (κ1) is 19.2. The summed E-state index contributed by atoms with van der Waals surface area (Å²) in [7, 11) is -3.22. The zero-order valence-electron chi connectivity index (χ0n) is 12.4. The number of rotatable bonds is 4. The second kappa shape index (κ2) is 7.25. The highest BCUT2D eigenvalue weighted by Gasteiger charge is 2.29. The molecule has 0 atom stereocenters. The number of nitrogens with one attached hydrogen (secondary N) is 1. The van der Waals surface area contributed by atoms with E-state index in [1.54, 1.807) is 0 Å². The molecule has 0 radical (unpaired) electrons. The summed E-state index contributed by atoms with van der Waals surface area (Å²) in [4.78, 5) is 0. The molecule has 0 heterocycles. The molecule has 3 N–H and O–H groups in total. The summed E-state index contributed by atoms with van der Waals surface area (Å²) in [5, 5.41) is 0. The fraction of sp³-hybridized carbons (Fsp3) is 1.00. The normalized spacial score (nSPS) is 20.4. The molecule has 1 aliphatic rings. The molecule has 0 aromatic carbocycles. The molecule has 1 saturated carbocycles. The van der Waals surface area contributed by atoms with Gasteiger partial charge < -0.3 is 5.73 Å². The summed E-state index contributed by atoms with van der Waals surface area (Å²) in [5.41, 5.74) is 5.73. The molecule has 0 aliphatic heterocycles. The smallest absolute Gasteiger partial charge is 0.212 e. The van der Waals surface area contributed by atoms with Crippen LogP contribution in [0.3, 0.4) is 0 Å². The highest BCUT2D eigenvalue weighted by Crippen LogP contribution is 2.24. The molecule has 6 heteroatoms. The van der Waals surface area contributed by atoms with Crippen molar-refractivity contribution in [1.82, 2.24) is 4.72 Å². The van der Waals surface area contributed by atoms with Gasteiger partial charge in [0.1, 0.15) is 0 Å². The van der Waals surface area contributed by atoms with Gasteiger partial charge in [-0.25, -0.2) is 13.1 Å². The van der Waals surface area contributed by atoms with Crippen molar-refractivity contribution < 1.29 is 8.42 Å².